The van der Waals surface area contributed by atoms with Gasteiger partial charge in [0.2, 0.25) is 0 Å². The van der Waals surface area contributed by atoms with Gasteiger partial charge in [-0.05, 0) is 67.1 Å². The fraction of sp³-hybridized carbons (Fsp3) is 0.632. The molecular formula is C19H23F2N. The standard InChI is InChI=1S/C19H23F2N/c1-2-12-3-5-13(6-4-12)14-7-8-16-15(9-14)10-18(20)17(11-22)19(16)21/h10,12-14H,2-9H2,1H3. The smallest absolute Gasteiger partial charge is 0.147 e. The molecule has 0 heterocycles. The average Bonchev–Trinajstić information content (AvgIpc) is 2.55. The van der Waals surface area contributed by atoms with Gasteiger partial charge in [-0.15, -0.1) is 0 Å². The maximum Gasteiger partial charge on any atom is 0.147 e. The van der Waals surface area contributed by atoms with Crippen LogP contribution in [-0.2, 0) is 12.8 Å². The van der Waals surface area contributed by atoms with E-state index >= 15 is 0 Å². The minimum atomic E-state index is -0.700. The number of nitriles is 1. The van der Waals surface area contributed by atoms with Gasteiger partial charge in [-0.1, -0.05) is 26.2 Å². The van der Waals surface area contributed by atoms with Crippen molar-refractivity contribution in [3.8, 4) is 6.07 Å². The van der Waals surface area contributed by atoms with Crippen molar-refractivity contribution in [1.29, 1.82) is 5.26 Å². The Morgan fingerprint density at radius 2 is 1.86 bits per heavy atom. The molecule has 2 aliphatic carbocycles. The third-order valence-electron chi connectivity index (χ3n) is 5.91. The Hall–Kier alpha value is -1.43. The summed E-state index contributed by atoms with van der Waals surface area (Å²) in [5, 5.41) is 8.87. The molecule has 1 atom stereocenters. The first kappa shape index (κ1) is 15.5. The van der Waals surface area contributed by atoms with E-state index in [0.29, 0.717) is 23.8 Å². The summed E-state index contributed by atoms with van der Waals surface area (Å²) < 4.78 is 28.1. The van der Waals surface area contributed by atoms with E-state index in [2.05, 4.69) is 6.92 Å². The van der Waals surface area contributed by atoms with Crippen LogP contribution in [0.1, 0.15) is 62.1 Å². The lowest BCUT2D eigenvalue weighted by Crippen LogP contribution is -2.27. The van der Waals surface area contributed by atoms with Crippen molar-refractivity contribution in [3.05, 3.63) is 34.4 Å². The van der Waals surface area contributed by atoms with Crippen LogP contribution in [0.3, 0.4) is 0 Å². The van der Waals surface area contributed by atoms with Crippen molar-refractivity contribution in [2.75, 3.05) is 0 Å². The SMILES string of the molecule is CCC1CCC(C2CCc3c(cc(F)c(C#N)c3F)C2)CC1. The Morgan fingerprint density at radius 1 is 1.14 bits per heavy atom. The van der Waals surface area contributed by atoms with Crippen LogP contribution in [0, 0.1) is 40.7 Å². The van der Waals surface area contributed by atoms with Gasteiger partial charge in [0, 0.05) is 0 Å². The van der Waals surface area contributed by atoms with Gasteiger partial charge in [-0.2, -0.15) is 5.26 Å². The number of rotatable bonds is 2. The second-order valence-corrected chi connectivity index (χ2v) is 6.99. The summed E-state index contributed by atoms with van der Waals surface area (Å²) in [6, 6.07) is 3.05. The Bertz CT molecular complexity index is 594. The van der Waals surface area contributed by atoms with Crippen molar-refractivity contribution < 1.29 is 8.78 Å². The first-order valence-electron chi connectivity index (χ1n) is 8.53. The Kier molecular flexibility index (Phi) is 4.47. The summed E-state index contributed by atoms with van der Waals surface area (Å²) in [5.41, 5.74) is 0.958. The first-order valence-corrected chi connectivity index (χ1v) is 8.53. The van der Waals surface area contributed by atoms with Gasteiger partial charge in [0.25, 0.3) is 0 Å². The Labute approximate surface area is 131 Å². The zero-order chi connectivity index (χ0) is 15.7. The van der Waals surface area contributed by atoms with Crippen molar-refractivity contribution >= 4 is 0 Å². The van der Waals surface area contributed by atoms with Crippen LogP contribution in [0.4, 0.5) is 8.78 Å². The zero-order valence-electron chi connectivity index (χ0n) is 13.2. The maximum absolute atomic E-state index is 14.2. The number of halogens is 2. The van der Waals surface area contributed by atoms with E-state index in [1.54, 1.807) is 6.07 Å². The van der Waals surface area contributed by atoms with E-state index in [1.165, 1.54) is 38.2 Å². The van der Waals surface area contributed by atoms with Gasteiger partial charge in [-0.3, -0.25) is 0 Å². The highest BCUT2D eigenvalue weighted by Crippen LogP contribution is 2.41. The average molecular weight is 303 g/mol. The van der Waals surface area contributed by atoms with Crippen LogP contribution >= 0.6 is 0 Å². The molecule has 1 aromatic carbocycles. The lowest BCUT2D eigenvalue weighted by molar-refractivity contribution is 0.186. The minimum absolute atomic E-state index is 0.416. The number of fused-ring (bicyclic) bond motifs is 1. The van der Waals surface area contributed by atoms with Gasteiger partial charge >= 0.3 is 0 Å². The van der Waals surface area contributed by atoms with E-state index in [1.807, 2.05) is 0 Å². The van der Waals surface area contributed by atoms with Crippen LogP contribution in [0.2, 0.25) is 0 Å². The topological polar surface area (TPSA) is 23.8 Å². The molecule has 1 nitrogen and oxygen atoms in total. The third kappa shape index (κ3) is 2.76. The summed E-state index contributed by atoms with van der Waals surface area (Å²) >= 11 is 0. The Balaban J connectivity index is 1.76. The number of hydrogen-bond acceptors (Lipinski definition) is 1. The summed E-state index contributed by atoms with van der Waals surface area (Å²) in [6.45, 7) is 2.26. The largest absolute Gasteiger partial charge is 0.205 e. The molecule has 0 bridgehead atoms. The van der Waals surface area contributed by atoms with Crippen LogP contribution in [0.5, 0.6) is 0 Å². The van der Waals surface area contributed by atoms with Crippen LogP contribution in [0.15, 0.2) is 6.07 Å². The van der Waals surface area contributed by atoms with Crippen molar-refractivity contribution in [1.82, 2.24) is 0 Å². The molecule has 0 aromatic heterocycles. The highest BCUT2D eigenvalue weighted by Gasteiger charge is 2.31. The molecule has 3 rings (SSSR count). The summed E-state index contributed by atoms with van der Waals surface area (Å²) in [5.74, 6) is 0.815. The zero-order valence-corrected chi connectivity index (χ0v) is 13.2. The fourth-order valence-corrected chi connectivity index (χ4v) is 4.45. The molecule has 1 saturated carbocycles. The molecule has 0 radical (unpaired) electrons. The van der Waals surface area contributed by atoms with Crippen molar-refractivity contribution in [2.45, 2.75) is 58.3 Å². The van der Waals surface area contributed by atoms with E-state index in [4.69, 9.17) is 5.26 Å². The van der Waals surface area contributed by atoms with Crippen molar-refractivity contribution in [2.24, 2.45) is 17.8 Å². The molecule has 1 aromatic rings. The molecule has 0 amide bonds. The van der Waals surface area contributed by atoms with Gasteiger partial charge in [0.05, 0.1) is 0 Å². The van der Waals surface area contributed by atoms with Gasteiger partial charge in [0.15, 0.2) is 0 Å². The predicted molar refractivity (Wildman–Crippen MR) is 82.3 cm³/mol. The lowest BCUT2D eigenvalue weighted by Gasteiger charge is -2.36. The van der Waals surface area contributed by atoms with Gasteiger partial charge in [0.1, 0.15) is 23.3 Å². The predicted octanol–water partition coefficient (Wildman–Crippen LogP) is 5.16. The second-order valence-electron chi connectivity index (χ2n) is 6.99. The monoisotopic (exact) mass is 303 g/mol. The van der Waals surface area contributed by atoms with Crippen LogP contribution < -0.4 is 0 Å². The highest BCUT2D eigenvalue weighted by atomic mass is 19.1. The van der Waals surface area contributed by atoms with Gasteiger partial charge < -0.3 is 0 Å². The number of nitrogens with zero attached hydrogens (tertiary/aromatic N) is 1. The third-order valence-corrected chi connectivity index (χ3v) is 5.91. The van der Waals surface area contributed by atoms with Crippen molar-refractivity contribution in [3.63, 3.8) is 0 Å². The van der Waals surface area contributed by atoms with Gasteiger partial charge in [-0.25, -0.2) is 8.78 Å². The molecule has 0 N–H and O–H groups in total. The number of hydrogen-bond donors (Lipinski definition) is 0. The van der Waals surface area contributed by atoms with E-state index in [0.717, 1.165) is 24.3 Å². The summed E-state index contributed by atoms with van der Waals surface area (Å²) in [6.07, 6.45) is 8.81. The molecule has 0 spiro atoms. The highest BCUT2D eigenvalue weighted by molar-refractivity contribution is 5.42. The van der Waals surface area contributed by atoms with E-state index < -0.39 is 17.2 Å². The normalized spacial score (nSPS) is 28.0. The maximum atomic E-state index is 14.2. The molecule has 118 valence electrons. The molecule has 1 fully saturated rings. The quantitative estimate of drug-likeness (QED) is 0.740. The Morgan fingerprint density at radius 3 is 2.50 bits per heavy atom. The lowest BCUT2D eigenvalue weighted by atomic mass is 9.69. The van der Waals surface area contributed by atoms with Crippen LogP contribution in [-0.4, -0.2) is 0 Å². The van der Waals surface area contributed by atoms with E-state index in [-0.39, 0.29) is 0 Å². The molecule has 2 aliphatic rings. The molecule has 0 saturated heterocycles. The fourth-order valence-electron chi connectivity index (χ4n) is 4.45. The first-order chi connectivity index (χ1) is 10.6. The van der Waals surface area contributed by atoms with E-state index in [9.17, 15) is 8.78 Å². The molecular weight excluding hydrogens is 280 g/mol. The molecule has 3 heteroatoms. The minimum Gasteiger partial charge on any atom is -0.205 e. The number of benzene rings is 1. The van der Waals surface area contributed by atoms with Crippen LogP contribution in [0.25, 0.3) is 0 Å². The molecule has 22 heavy (non-hydrogen) atoms. The molecule has 1 unspecified atom stereocenters. The summed E-state index contributed by atoms with van der Waals surface area (Å²) in [4.78, 5) is 0. The second kappa shape index (κ2) is 6.36. The molecule has 0 aliphatic heterocycles. The summed E-state index contributed by atoms with van der Waals surface area (Å²) in [7, 11) is 0.